The molecule has 0 fully saturated rings. The molecule has 1 rings (SSSR count). The molecule has 0 saturated heterocycles. The van der Waals surface area contributed by atoms with Crippen molar-refractivity contribution in [1.82, 2.24) is 15.2 Å². The first kappa shape index (κ1) is 10.3. The molecule has 1 atom stereocenters. The van der Waals surface area contributed by atoms with Gasteiger partial charge in [-0.25, -0.2) is 4.98 Å². The van der Waals surface area contributed by atoms with E-state index < -0.39 is 0 Å². The largest absolute Gasteiger partial charge is 0.388 e. The van der Waals surface area contributed by atoms with E-state index in [1.807, 2.05) is 0 Å². The molecule has 0 unspecified atom stereocenters. The summed E-state index contributed by atoms with van der Waals surface area (Å²) in [5, 5.41) is 14.9. The number of nitrogens with two attached hydrogens (primary N) is 1. The Hall–Kier alpha value is -0.650. The molecule has 64 valence electrons. The SMILES string of the molecule is C[C@@H](N)c1n[nH]c(CO)n1.Cl. The molecule has 11 heavy (non-hydrogen) atoms. The fraction of sp³-hybridized carbons (Fsp3) is 0.600. The number of hydrogen-bond donors (Lipinski definition) is 3. The van der Waals surface area contributed by atoms with Crippen molar-refractivity contribution in [3.63, 3.8) is 0 Å². The number of aliphatic hydroxyl groups excluding tert-OH is 1. The van der Waals surface area contributed by atoms with Crippen LogP contribution < -0.4 is 5.73 Å². The predicted octanol–water partition coefficient (Wildman–Crippen LogP) is -0.261. The lowest BCUT2D eigenvalue weighted by Crippen LogP contribution is -2.06. The molecular weight excluding hydrogens is 168 g/mol. The van der Waals surface area contributed by atoms with Gasteiger partial charge in [0.05, 0.1) is 6.04 Å². The summed E-state index contributed by atoms with van der Waals surface area (Å²) in [6.45, 7) is 1.66. The topological polar surface area (TPSA) is 87.8 Å². The van der Waals surface area contributed by atoms with E-state index in [4.69, 9.17) is 10.8 Å². The highest BCUT2D eigenvalue weighted by atomic mass is 35.5. The van der Waals surface area contributed by atoms with Gasteiger partial charge in [0.15, 0.2) is 5.82 Å². The van der Waals surface area contributed by atoms with Crippen molar-refractivity contribution in [2.45, 2.75) is 19.6 Å². The second kappa shape index (κ2) is 4.27. The minimum Gasteiger partial charge on any atom is -0.388 e. The lowest BCUT2D eigenvalue weighted by atomic mass is 10.3. The van der Waals surface area contributed by atoms with Crippen LogP contribution in [0, 0.1) is 0 Å². The highest BCUT2D eigenvalue weighted by Crippen LogP contribution is 2.00. The van der Waals surface area contributed by atoms with Crippen LogP contribution in [0.3, 0.4) is 0 Å². The Labute approximate surface area is 70.4 Å². The Morgan fingerprint density at radius 2 is 2.36 bits per heavy atom. The number of nitrogens with one attached hydrogen (secondary N) is 1. The van der Waals surface area contributed by atoms with Gasteiger partial charge in [0.1, 0.15) is 12.4 Å². The lowest BCUT2D eigenvalue weighted by Gasteiger charge is -1.93. The molecule has 6 heteroatoms. The van der Waals surface area contributed by atoms with Crippen LogP contribution in [0.25, 0.3) is 0 Å². The number of aliphatic hydroxyl groups is 1. The van der Waals surface area contributed by atoms with Crippen LogP contribution in [-0.4, -0.2) is 20.3 Å². The first-order valence-corrected chi connectivity index (χ1v) is 3.01. The summed E-state index contributed by atoms with van der Waals surface area (Å²) < 4.78 is 0. The minimum absolute atomic E-state index is 0. The Morgan fingerprint density at radius 3 is 2.64 bits per heavy atom. The molecular formula is C5H11ClN4O. The Balaban J connectivity index is 0.000001000. The van der Waals surface area contributed by atoms with Crippen LogP contribution in [0.15, 0.2) is 0 Å². The molecule has 1 aromatic rings. The van der Waals surface area contributed by atoms with Crippen molar-refractivity contribution in [3.8, 4) is 0 Å². The molecule has 1 aromatic heterocycles. The van der Waals surface area contributed by atoms with Crippen molar-refractivity contribution in [2.75, 3.05) is 0 Å². The summed E-state index contributed by atoms with van der Waals surface area (Å²) in [6.07, 6.45) is 0. The normalized spacial score (nSPS) is 12.3. The summed E-state index contributed by atoms with van der Waals surface area (Å²) in [5.41, 5.74) is 5.46. The van der Waals surface area contributed by atoms with E-state index >= 15 is 0 Å². The van der Waals surface area contributed by atoms with Crippen molar-refractivity contribution in [1.29, 1.82) is 0 Å². The summed E-state index contributed by atoms with van der Waals surface area (Å²) >= 11 is 0. The van der Waals surface area contributed by atoms with Crippen LogP contribution in [0.2, 0.25) is 0 Å². The monoisotopic (exact) mass is 178 g/mol. The van der Waals surface area contributed by atoms with Crippen LogP contribution in [0.4, 0.5) is 0 Å². The maximum Gasteiger partial charge on any atom is 0.167 e. The number of aromatic amines is 1. The smallest absolute Gasteiger partial charge is 0.167 e. The van der Waals surface area contributed by atoms with Gasteiger partial charge < -0.3 is 10.8 Å². The first-order chi connectivity index (χ1) is 4.74. The molecule has 0 aliphatic carbocycles. The van der Waals surface area contributed by atoms with Gasteiger partial charge in [-0.2, -0.15) is 5.10 Å². The number of hydrogen-bond acceptors (Lipinski definition) is 4. The van der Waals surface area contributed by atoms with E-state index in [0.717, 1.165) is 0 Å². The average Bonchev–Trinajstić information content (AvgIpc) is 2.34. The molecule has 0 aromatic carbocycles. The molecule has 5 nitrogen and oxygen atoms in total. The highest BCUT2D eigenvalue weighted by molar-refractivity contribution is 5.85. The third kappa shape index (κ3) is 2.45. The molecule has 0 spiro atoms. The first-order valence-electron chi connectivity index (χ1n) is 3.01. The standard InChI is InChI=1S/C5H10N4O.ClH/c1-3(6)5-7-4(2-10)8-9-5;/h3,10H,2,6H2,1H3,(H,7,8,9);1H/t3-;/m1./s1. The molecule has 0 bridgehead atoms. The summed E-state index contributed by atoms with van der Waals surface area (Å²) in [4.78, 5) is 3.89. The predicted molar refractivity (Wildman–Crippen MR) is 42.2 cm³/mol. The van der Waals surface area contributed by atoms with Crippen molar-refractivity contribution >= 4 is 12.4 Å². The fourth-order valence-corrected chi connectivity index (χ4v) is 0.584. The molecule has 0 aliphatic rings. The van der Waals surface area contributed by atoms with E-state index in [9.17, 15) is 0 Å². The van der Waals surface area contributed by atoms with E-state index in [0.29, 0.717) is 11.6 Å². The van der Waals surface area contributed by atoms with Gasteiger partial charge in [-0.1, -0.05) is 0 Å². The average molecular weight is 179 g/mol. The number of aromatic nitrogens is 3. The van der Waals surface area contributed by atoms with Crippen LogP contribution in [0.1, 0.15) is 24.6 Å². The maximum atomic E-state index is 8.56. The zero-order chi connectivity index (χ0) is 7.56. The van der Waals surface area contributed by atoms with Gasteiger partial charge in [-0.05, 0) is 6.92 Å². The zero-order valence-corrected chi connectivity index (χ0v) is 6.93. The van der Waals surface area contributed by atoms with E-state index in [1.54, 1.807) is 6.92 Å². The molecule has 0 saturated carbocycles. The minimum atomic E-state index is -0.184. The third-order valence-corrected chi connectivity index (χ3v) is 1.11. The Kier molecular flexibility index (Phi) is 4.02. The van der Waals surface area contributed by atoms with Crippen LogP contribution in [-0.2, 0) is 6.61 Å². The molecule has 4 N–H and O–H groups in total. The van der Waals surface area contributed by atoms with Gasteiger partial charge in [0, 0.05) is 0 Å². The maximum absolute atomic E-state index is 8.56. The van der Waals surface area contributed by atoms with Gasteiger partial charge in [0.25, 0.3) is 0 Å². The van der Waals surface area contributed by atoms with Gasteiger partial charge >= 0.3 is 0 Å². The van der Waals surface area contributed by atoms with Crippen molar-refractivity contribution < 1.29 is 5.11 Å². The van der Waals surface area contributed by atoms with Crippen molar-refractivity contribution in [3.05, 3.63) is 11.6 Å². The quantitative estimate of drug-likeness (QED) is 0.582. The Bertz CT molecular complexity index is 212. The molecule has 1 heterocycles. The van der Waals surface area contributed by atoms with E-state index in [2.05, 4.69) is 15.2 Å². The third-order valence-electron chi connectivity index (χ3n) is 1.11. The number of nitrogens with zero attached hydrogens (tertiary/aromatic N) is 2. The van der Waals surface area contributed by atoms with E-state index in [-0.39, 0.29) is 25.1 Å². The van der Waals surface area contributed by atoms with Gasteiger partial charge in [-0.3, -0.25) is 5.10 Å². The van der Waals surface area contributed by atoms with Crippen LogP contribution >= 0.6 is 12.4 Å². The molecule has 0 amide bonds. The molecule has 0 aliphatic heterocycles. The second-order valence-corrected chi connectivity index (χ2v) is 2.09. The zero-order valence-electron chi connectivity index (χ0n) is 6.11. The second-order valence-electron chi connectivity index (χ2n) is 2.09. The van der Waals surface area contributed by atoms with Gasteiger partial charge in [-0.15, -0.1) is 12.4 Å². The van der Waals surface area contributed by atoms with Crippen molar-refractivity contribution in [2.24, 2.45) is 5.73 Å². The summed E-state index contributed by atoms with van der Waals surface area (Å²) in [5.74, 6) is 0.983. The number of rotatable bonds is 2. The van der Waals surface area contributed by atoms with E-state index in [1.165, 1.54) is 0 Å². The van der Waals surface area contributed by atoms with Crippen LogP contribution in [0.5, 0.6) is 0 Å². The summed E-state index contributed by atoms with van der Waals surface area (Å²) in [6, 6.07) is -0.184. The molecule has 0 radical (unpaired) electrons. The highest BCUT2D eigenvalue weighted by Gasteiger charge is 2.04. The fourth-order valence-electron chi connectivity index (χ4n) is 0.584. The number of H-pyrrole nitrogens is 1. The summed E-state index contributed by atoms with van der Waals surface area (Å²) in [7, 11) is 0. The lowest BCUT2D eigenvalue weighted by molar-refractivity contribution is 0.271. The Morgan fingerprint density at radius 1 is 1.73 bits per heavy atom. The van der Waals surface area contributed by atoms with Gasteiger partial charge in [0.2, 0.25) is 0 Å². The number of halogens is 1.